The van der Waals surface area contributed by atoms with E-state index in [9.17, 15) is 9.59 Å². The maximum atomic E-state index is 12.1. The molecule has 0 spiro atoms. The SMILES string of the molecule is C=CCNC(=O)C(C)(C)C(=O)Nc1ccc(Cl)cc1. The molecule has 0 heterocycles. The monoisotopic (exact) mass is 280 g/mol. The summed E-state index contributed by atoms with van der Waals surface area (Å²) >= 11 is 5.76. The number of anilines is 1. The van der Waals surface area contributed by atoms with Crippen molar-refractivity contribution in [3.63, 3.8) is 0 Å². The molecule has 0 bridgehead atoms. The lowest BCUT2D eigenvalue weighted by atomic mass is 9.91. The topological polar surface area (TPSA) is 58.2 Å². The third kappa shape index (κ3) is 4.10. The highest BCUT2D eigenvalue weighted by Gasteiger charge is 2.35. The Kier molecular flexibility index (Phi) is 5.12. The van der Waals surface area contributed by atoms with E-state index >= 15 is 0 Å². The summed E-state index contributed by atoms with van der Waals surface area (Å²) in [7, 11) is 0. The number of nitrogens with one attached hydrogen (secondary N) is 2. The van der Waals surface area contributed by atoms with Crippen molar-refractivity contribution in [1.82, 2.24) is 5.32 Å². The number of benzene rings is 1. The summed E-state index contributed by atoms with van der Waals surface area (Å²) in [5.74, 6) is -0.727. The van der Waals surface area contributed by atoms with Gasteiger partial charge in [0, 0.05) is 17.3 Å². The second-order valence-corrected chi connectivity index (χ2v) is 5.02. The molecule has 0 atom stereocenters. The van der Waals surface area contributed by atoms with Crippen molar-refractivity contribution in [2.45, 2.75) is 13.8 Å². The summed E-state index contributed by atoms with van der Waals surface area (Å²) in [6.07, 6.45) is 1.56. The van der Waals surface area contributed by atoms with Crippen LogP contribution in [0.15, 0.2) is 36.9 Å². The van der Waals surface area contributed by atoms with E-state index in [2.05, 4.69) is 17.2 Å². The quantitative estimate of drug-likeness (QED) is 0.643. The van der Waals surface area contributed by atoms with Crippen LogP contribution in [0.1, 0.15) is 13.8 Å². The highest BCUT2D eigenvalue weighted by molar-refractivity contribution is 6.30. The van der Waals surface area contributed by atoms with Crippen LogP contribution in [0, 0.1) is 5.41 Å². The minimum absolute atomic E-state index is 0.330. The Bertz CT molecular complexity index is 481. The Morgan fingerprint density at radius 3 is 2.37 bits per heavy atom. The van der Waals surface area contributed by atoms with Crippen molar-refractivity contribution >= 4 is 29.1 Å². The van der Waals surface area contributed by atoms with Crippen LogP contribution in [0.5, 0.6) is 0 Å². The van der Waals surface area contributed by atoms with Crippen molar-refractivity contribution in [2.24, 2.45) is 5.41 Å². The number of carbonyl (C=O) groups excluding carboxylic acids is 2. The highest BCUT2D eigenvalue weighted by Crippen LogP contribution is 2.20. The van der Waals surface area contributed by atoms with E-state index in [-0.39, 0.29) is 11.8 Å². The molecular formula is C14H17ClN2O2. The number of rotatable bonds is 5. The molecule has 0 aliphatic carbocycles. The first-order chi connectivity index (χ1) is 8.87. The number of amides is 2. The molecule has 1 rings (SSSR count). The first-order valence-corrected chi connectivity index (χ1v) is 6.22. The number of hydrogen-bond acceptors (Lipinski definition) is 2. The highest BCUT2D eigenvalue weighted by atomic mass is 35.5. The summed E-state index contributed by atoms with van der Waals surface area (Å²) in [5, 5.41) is 5.88. The first-order valence-electron chi connectivity index (χ1n) is 5.84. The summed E-state index contributed by atoms with van der Waals surface area (Å²) < 4.78 is 0. The molecule has 0 saturated carbocycles. The molecule has 0 aliphatic heterocycles. The molecule has 1 aromatic rings. The fourth-order valence-corrected chi connectivity index (χ4v) is 1.44. The second kappa shape index (κ2) is 6.38. The Morgan fingerprint density at radius 1 is 1.26 bits per heavy atom. The van der Waals surface area contributed by atoms with Gasteiger partial charge in [-0.15, -0.1) is 6.58 Å². The van der Waals surface area contributed by atoms with Gasteiger partial charge >= 0.3 is 0 Å². The van der Waals surface area contributed by atoms with Gasteiger partial charge in [0.15, 0.2) is 0 Å². The first kappa shape index (κ1) is 15.2. The summed E-state index contributed by atoms with van der Waals surface area (Å²) in [6.45, 7) is 6.97. The van der Waals surface area contributed by atoms with E-state index in [0.717, 1.165) is 0 Å². The van der Waals surface area contributed by atoms with Gasteiger partial charge in [-0.2, -0.15) is 0 Å². The normalized spacial score (nSPS) is 10.7. The van der Waals surface area contributed by atoms with E-state index < -0.39 is 5.41 Å². The van der Waals surface area contributed by atoms with E-state index in [1.54, 1.807) is 44.2 Å². The predicted octanol–water partition coefficient (Wildman–Crippen LogP) is 2.61. The summed E-state index contributed by atoms with van der Waals surface area (Å²) in [4.78, 5) is 24.0. The van der Waals surface area contributed by atoms with Crippen LogP contribution in [0.3, 0.4) is 0 Å². The molecule has 102 valence electrons. The minimum Gasteiger partial charge on any atom is -0.352 e. The van der Waals surface area contributed by atoms with Crippen LogP contribution in [-0.2, 0) is 9.59 Å². The molecule has 0 aromatic heterocycles. The average Bonchev–Trinajstić information content (AvgIpc) is 2.38. The zero-order valence-corrected chi connectivity index (χ0v) is 11.8. The van der Waals surface area contributed by atoms with Gasteiger partial charge in [0.2, 0.25) is 11.8 Å². The van der Waals surface area contributed by atoms with Gasteiger partial charge < -0.3 is 10.6 Å². The fourth-order valence-electron chi connectivity index (χ4n) is 1.31. The lowest BCUT2D eigenvalue weighted by Gasteiger charge is -2.22. The van der Waals surface area contributed by atoms with Crippen LogP contribution in [0.2, 0.25) is 5.02 Å². The van der Waals surface area contributed by atoms with E-state index in [1.165, 1.54) is 0 Å². The number of hydrogen-bond donors (Lipinski definition) is 2. The van der Waals surface area contributed by atoms with Crippen LogP contribution < -0.4 is 10.6 Å². The third-order valence-electron chi connectivity index (χ3n) is 2.64. The van der Waals surface area contributed by atoms with E-state index in [1.807, 2.05) is 0 Å². The van der Waals surface area contributed by atoms with E-state index in [0.29, 0.717) is 17.3 Å². The summed E-state index contributed by atoms with van der Waals surface area (Å²) in [6, 6.07) is 6.69. The van der Waals surface area contributed by atoms with Crippen molar-refractivity contribution in [1.29, 1.82) is 0 Å². The van der Waals surface area contributed by atoms with Crippen LogP contribution >= 0.6 is 11.6 Å². The Hall–Kier alpha value is -1.81. The predicted molar refractivity (Wildman–Crippen MR) is 77.1 cm³/mol. The molecular weight excluding hydrogens is 264 g/mol. The molecule has 0 saturated heterocycles. The number of halogens is 1. The number of carbonyl (C=O) groups is 2. The maximum Gasteiger partial charge on any atom is 0.239 e. The van der Waals surface area contributed by atoms with Gasteiger partial charge in [0.05, 0.1) is 0 Å². The zero-order valence-electron chi connectivity index (χ0n) is 11.0. The van der Waals surface area contributed by atoms with Gasteiger partial charge in [-0.3, -0.25) is 9.59 Å². The van der Waals surface area contributed by atoms with Gasteiger partial charge in [-0.05, 0) is 38.1 Å². The van der Waals surface area contributed by atoms with Gasteiger partial charge in [-0.1, -0.05) is 17.7 Å². The van der Waals surface area contributed by atoms with Crippen LogP contribution in [0.4, 0.5) is 5.69 Å². The molecule has 0 aliphatic rings. The molecule has 0 fully saturated rings. The summed E-state index contributed by atoms with van der Waals surface area (Å²) in [5.41, 5.74) is -0.568. The van der Waals surface area contributed by atoms with E-state index in [4.69, 9.17) is 11.6 Å². The van der Waals surface area contributed by atoms with Crippen LogP contribution in [0.25, 0.3) is 0 Å². The lowest BCUT2D eigenvalue weighted by molar-refractivity contribution is -0.138. The zero-order chi connectivity index (χ0) is 14.5. The van der Waals surface area contributed by atoms with Gasteiger partial charge in [0.25, 0.3) is 0 Å². The smallest absolute Gasteiger partial charge is 0.239 e. The van der Waals surface area contributed by atoms with Crippen molar-refractivity contribution in [2.75, 3.05) is 11.9 Å². The molecule has 0 unspecified atom stereocenters. The molecule has 19 heavy (non-hydrogen) atoms. The minimum atomic E-state index is -1.16. The Labute approximate surface area is 117 Å². The molecule has 1 aromatic carbocycles. The van der Waals surface area contributed by atoms with Crippen molar-refractivity contribution in [3.8, 4) is 0 Å². The average molecular weight is 281 g/mol. The second-order valence-electron chi connectivity index (χ2n) is 4.58. The molecule has 2 N–H and O–H groups in total. The Balaban J connectivity index is 2.72. The third-order valence-corrected chi connectivity index (χ3v) is 2.90. The van der Waals surface area contributed by atoms with Gasteiger partial charge in [-0.25, -0.2) is 0 Å². The molecule has 5 heteroatoms. The van der Waals surface area contributed by atoms with Gasteiger partial charge in [0.1, 0.15) is 5.41 Å². The standard InChI is InChI=1S/C14H17ClN2O2/c1-4-9-16-12(18)14(2,3)13(19)17-11-7-5-10(15)6-8-11/h4-8H,1,9H2,2-3H3,(H,16,18)(H,17,19). The largest absolute Gasteiger partial charge is 0.352 e. The molecule has 2 amide bonds. The lowest BCUT2D eigenvalue weighted by Crippen LogP contribution is -2.45. The Morgan fingerprint density at radius 2 is 1.84 bits per heavy atom. The van der Waals surface area contributed by atoms with Crippen molar-refractivity contribution in [3.05, 3.63) is 41.9 Å². The molecule has 0 radical (unpaired) electrons. The van der Waals surface area contributed by atoms with Crippen LogP contribution in [-0.4, -0.2) is 18.4 Å². The molecule has 4 nitrogen and oxygen atoms in total. The fraction of sp³-hybridized carbons (Fsp3) is 0.286. The van der Waals surface area contributed by atoms with Crippen molar-refractivity contribution < 1.29 is 9.59 Å². The maximum absolute atomic E-state index is 12.1.